The molecule has 0 radical (unpaired) electrons. The largest absolute Gasteiger partial charge is 0.486 e. The molecule has 10 nitrogen and oxygen atoms in total. The van der Waals surface area contributed by atoms with Gasteiger partial charge in [0.2, 0.25) is 15.9 Å². The zero-order valence-electron chi connectivity index (χ0n) is 18.3. The molecule has 178 valence electrons. The number of ether oxygens (including phenoxy) is 2. The first kappa shape index (κ1) is 24.7. The average Bonchev–Trinajstić information content (AvgIpc) is 2.77. The van der Waals surface area contributed by atoms with Gasteiger partial charge in [-0.3, -0.25) is 14.9 Å². The Balaban J connectivity index is 1.80. The number of nitro benzene ring substituents is 1. The number of nitrogens with one attached hydrogen (secondary N) is 1. The zero-order valence-corrected chi connectivity index (χ0v) is 19.9. The van der Waals surface area contributed by atoms with Gasteiger partial charge in [-0.05, 0) is 29.7 Å². The molecule has 1 N–H and O–H groups in total. The Hall–Kier alpha value is -2.89. The number of carbonyl (C=O) groups excluding carboxylic acids is 1. The molecule has 2 aromatic carbocycles. The summed E-state index contributed by atoms with van der Waals surface area (Å²) < 4.78 is 39.4. The fraction of sp³-hybridized carbons (Fsp3) is 0.381. The van der Waals surface area contributed by atoms with E-state index in [1.165, 1.54) is 48.3 Å². The van der Waals surface area contributed by atoms with Gasteiger partial charge in [0.25, 0.3) is 5.69 Å². The molecule has 33 heavy (non-hydrogen) atoms. The Morgan fingerprint density at radius 3 is 2.48 bits per heavy atom. The highest BCUT2D eigenvalue weighted by Gasteiger charge is 2.31. The lowest BCUT2D eigenvalue weighted by Crippen LogP contribution is -2.49. The fourth-order valence-electron chi connectivity index (χ4n) is 3.26. The molecule has 1 heterocycles. The molecule has 0 unspecified atom stereocenters. The maximum Gasteiger partial charge on any atom is 0.269 e. The molecule has 0 saturated heterocycles. The van der Waals surface area contributed by atoms with Crippen LogP contribution in [0.5, 0.6) is 11.5 Å². The summed E-state index contributed by atoms with van der Waals surface area (Å²) in [5.74, 6) is -0.125. The number of carbonyl (C=O) groups is 1. The topological polar surface area (TPSA) is 128 Å². The van der Waals surface area contributed by atoms with Crippen molar-refractivity contribution in [3.05, 3.63) is 57.1 Å². The Morgan fingerprint density at radius 2 is 1.85 bits per heavy atom. The molecule has 0 aliphatic carbocycles. The highest BCUT2D eigenvalue weighted by molar-refractivity contribution is 7.89. The van der Waals surface area contributed by atoms with Crippen LogP contribution in [-0.4, -0.2) is 50.5 Å². The SMILES string of the molecule is CC(C)[C@@H](NS(=O)(=O)c1ccc2c(c1)OCCO2)C(=O)N(C)Cc1cc([N+](=O)[O-])ccc1Cl. The number of nitrogens with zero attached hydrogens (tertiary/aromatic N) is 2. The maximum absolute atomic E-state index is 13.1. The highest BCUT2D eigenvalue weighted by atomic mass is 35.5. The van der Waals surface area contributed by atoms with Crippen LogP contribution in [0.1, 0.15) is 19.4 Å². The first-order valence-corrected chi connectivity index (χ1v) is 12.0. The third-order valence-electron chi connectivity index (χ3n) is 5.06. The summed E-state index contributed by atoms with van der Waals surface area (Å²) >= 11 is 6.14. The van der Waals surface area contributed by atoms with Gasteiger partial charge in [-0.1, -0.05) is 25.4 Å². The van der Waals surface area contributed by atoms with Gasteiger partial charge in [-0.15, -0.1) is 0 Å². The van der Waals surface area contributed by atoms with Crippen LogP contribution in [0.25, 0.3) is 0 Å². The minimum absolute atomic E-state index is 0.0334. The van der Waals surface area contributed by atoms with E-state index in [0.29, 0.717) is 30.3 Å². The van der Waals surface area contributed by atoms with E-state index in [2.05, 4.69) is 4.72 Å². The summed E-state index contributed by atoms with van der Waals surface area (Å²) in [6.07, 6.45) is 0. The molecule has 2 aromatic rings. The van der Waals surface area contributed by atoms with Crippen molar-refractivity contribution in [1.29, 1.82) is 0 Å². The molecular formula is C21H24ClN3O7S. The van der Waals surface area contributed by atoms with Crippen molar-refractivity contribution in [2.24, 2.45) is 5.92 Å². The summed E-state index contributed by atoms with van der Waals surface area (Å²) in [7, 11) is -2.59. The summed E-state index contributed by atoms with van der Waals surface area (Å²) in [4.78, 5) is 24.9. The molecule has 1 amide bonds. The Bertz CT molecular complexity index is 1170. The first-order chi connectivity index (χ1) is 15.5. The van der Waals surface area contributed by atoms with Gasteiger partial charge in [0.1, 0.15) is 19.3 Å². The second-order valence-corrected chi connectivity index (χ2v) is 10.00. The van der Waals surface area contributed by atoms with Gasteiger partial charge in [0, 0.05) is 36.8 Å². The third-order valence-corrected chi connectivity index (χ3v) is 6.87. The zero-order chi connectivity index (χ0) is 24.3. The second kappa shape index (κ2) is 9.94. The van der Waals surface area contributed by atoms with E-state index in [1.54, 1.807) is 13.8 Å². The van der Waals surface area contributed by atoms with Crippen LogP contribution in [0.3, 0.4) is 0 Å². The van der Waals surface area contributed by atoms with Gasteiger partial charge in [0.15, 0.2) is 11.5 Å². The van der Waals surface area contributed by atoms with Crippen LogP contribution >= 0.6 is 11.6 Å². The number of halogens is 1. The first-order valence-electron chi connectivity index (χ1n) is 10.1. The Labute approximate surface area is 196 Å². The lowest BCUT2D eigenvalue weighted by atomic mass is 10.0. The number of rotatable bonds is 8. The quantitative estimate of drug-likeness (QED) is 0.438. The predicted octanol–water partition coefficient (Wildman–Crippen LogP) is 2.98. The number of nitro groups is 1. The van der Waals surface area contributed by atoms with E-state index in [0.717, 1.165) is 0 Å². The molecule has 0 bridgehead atoms. The second-order valence-electron chi connectivity index (χ2n) is 7.88. The highest BCUT2D eigenvalue weighted by Crippen LogP contribution is 2.32. The molecule has 0 spiro atoms. The number of hydrogen-bond acceptors (Lipinski definition) is 7. The van der Waals surface area contributed by atoms with E-state index in [9.17, 15) is 23.3 Å². The maximum atomic E-state index is 13.1. The lowest BCUT2D eigenvalue weighted by molar-refractivity contribution is -0.384. The van der Waals surface area contributed by atoms with Crippen LogP contribution in [0, 0.1) is 16.0 Å². The number of fused-ring (bicyclic) bond motifs is 1. The molecular weight excluding hydrogens is 474 g/mol. The Kier molecular flexibility index (Phi) is 7.45. The van der Waals surface area contributed by atoms with Crippen LogP contribution in [0.15, 0.2) is 41.3 Å². The van der Waals surface area contributed by atoms with Crippen molar-refractivity contribution in [1.82, 2.24) is 9.62 Å². The van der Waals surface area contributed by atoms with Crippen LogP contribution in [0.2, 0.25) is 5.02 Å². The van der Waals surface area contributed by atoms with E-state index in [-0.39, 0.29) is 28.1 Å². The molecule has 1 aliphatic heterocycles. The van der Waals surface area contributed by atoms with Gasteiger partial charge < -0.3 is 14.4 Å². The fourth-order valence-corrected chi connectivity index (χ4v) is 4.79. The average molecular weight is 498 g/mol. The summed E-state index contributed by atoms with van der Waals surface area (Å²) in [5, 5.41) is 11.3. The number of benzene rings is 2. The molecule has 0 aromatic heterocycles. The standard InChI is InChI=1S/C21H24ClN3O7S/c1-13(2)20(21(26)24(3)12-14-10-15(25(27)28)4-6-17(14)22)23-33(29,30)16-5-7-18-19(11-16)32-9-8-31-18/h4-7,10-11,13,20,23H,8-9,12H2,1-3H3/t20-/m1/s1. The number of likely N-dealkylation sites (N-methyl/N-ethyl adjacent to an activating group) is 1. The molecule has 3 rings (SSSR count). The van der Waals surface area contributed by atoms with Crippen molar-refractivity contribution < 1.29 is 27.6 Å². The van der Waals surface area contributed by atoms with Crippen molar-refractivity contribution in [3.63, 3.8) is 0 Å². The van der Waals surface area contributed by atoms with E-state index in [4.69, 9.17) is 21.1 Å². The minimum Gasteiger partial charge on any atom is -0.486 e. The number of amides is 1. The van der Waals surface area contributed by atoms with E-state index >= 15 is 0 Å². The Morgan fingerprint density at radius 1 is 1.18 bits per heavy atom. The van der Waals surface area contributed by atoms with Crippen LogP contribution in [-0.2, 0) is 21.4 Å². The normalized spacial score (nSPS) is 14.1. The molecule has 12 heteroatoms. The molecule has 0 saturated carbocycles. The third kappa shape index (κ3) is 5.73. The summed E-state index contributed by atoms with van der Waals surface area (Å²) in [5.41, 5.74) is 0.217. The van der Waals surface area contributed by atoms with Gasteiger partial charge in [-0.2, -0.15) is 4.72 Å². The van der Waals surface area contributed by atoms with Crippen LogP contribution in [0.4, 0.5) is 5.69 Å². The number of hydrogen-bond donors (Lipinski definition) is 1. The molecule has 1 aliphatic rings. The van der Waals surface area contributed by atoms with Gasteiger partial charge in [0.05, 0.1) is 9.82 Å². The molecule has 0 fully saturated rings. The monoisotopic (exact) mass is 497 g/mol. The van der Waals surface area contributed by atoms with Gasteiger partial charge in [-0.25, -0.2) is 8.42 Å². The molecule has 1 atom stereocenters. The summed E-state index contributed by atoms with van der Waals surface area (Å²) in [6.45, 7) is 4.07. The van der Waals surface area contributed by atoms with Crippen molar-refractivity contribution >= 4 is 33.2 Å². The smallest absolute Gasteiger partial charge is 0.269 e. The minimum atomic E-state index is -4.06. The predicted molar refractivity (Wildman–Crippen MR) is 121 cm³/mol. The number of sulfonamides is 1. The van der Waals surface area contributed by atoms with E-state index in [1.807, 2.05) is 0 Å². The van der Waals surface area contributed by atoms with Crippen LogP contribution < -0.4 is 14.2 Å². The van der Waals surface area contributed by atoms with Crippen molar-refractivity contribution in [2.75, 3.05) is 20.3 Å². The lowest BCUT2D eigenvalue weighted by Gasteiger charge is -2.27. The van der Waals surface area contributed by atoms with Crippen molar-refractivity contribution in [3.8, 4) is 11.5 Å². The van der Waals surface area contributed by atoms with E-state index < -0.39 is 26.9 Å². The summed E-state index contributed by atoms with van der Waals surface area (Å²) in [6, 6.07) is 7.10. The van der Waals surface area contributed by atoms with Crippen molar-refractivity contribution in [2.45, 2.75) is 31.3 Å². The van der Waals surface area contributed by atoms with Gasteiger partial charge >= 0.3 is 0 Å². The number of non-ortho nitro benzene ring substituents is 1.